The molecule has 0 spiro atoms. The first kappa shape index (κ1) is 19.5. The largest absolute Gasteiger partial charge is 0.493 e. The van der Waals surface area contributed by atoms with E-state index in [0.29, 0.717) is 26.6 Å². The molecule has 0 radical (unpaired) electrons. The predicted molar refractivity (Wildman–Crippen MR) is 109 cm³/mol. The van der Waals surface area contributed by atoms with E-state index in [-0.39, 0.29) is 21.6 Å². The molecular formula is C15H11Cl2N5O3S2. The van der Waals surface area contributed by atoms with Crippen molar-refractivity contribution in [1.29, 1.82) is 0 Å². The maximum Gasteiger partial charge on any atom is 0.238 e. The van der Waals surface area contributed by atoms with Gasteiger partial charge in [-0.1, -0.05) is 23.2 Å². The smallest absolute Gasteiger partial charge is 0.238 e. The summed E-state index contributed by atoms with van der Waals surface area (Å²) < 4.78 is 22.5. The van der Waals surface area contributed by atoms with Gasteiger partial charge >= 0.3 is 0 Å². The van der Waals surface area contributed by atoms with Gasteiger partial charge in [-0.2, -0.15) is 0 Å². The Labute approximate surface area is 169 Å². The van der Waals surface area contributed by atoms with Gasteiger partial charge in [0.15, 0.2) is 5.69 Å². The van der Waals surface area contributed by atoms with Crippen molar-refractivity contribution in [2.45, 2.75) is 4.90 Å². The highest BCUT2D eigenvalue weighted by atomic mass is 35.5. The summed E-state index contributed by atoms with van der Waals surface area (Å²) in [6, 6.07) is 8.71. The summed E-state index contributed by atoms with van der Waals surface area (Å²) in [7, 11) is -3.78. The molecule has 0 aliphatic heterocycles. The van der Waals surface area contributed by atoms with Crippen LogP contribution >= 0.6 is 35.4 Å². The average Bonchev–Trinajstić information content (AvgIpc) is 2.88. The SMILES string of the molecule is NS(=O)(=O)c1ccc(NC(=S)N=Nc2c(O)[nH]c3c(Cl)cc(Cl)cc23)cc1. The van der Waals surface area contributed by atoms with E-state index >= 15 is 0 Å². The third kappa shape index (κ3) is 4.37. The van der Waals surface area contributed by atoms with Crippen molar-refractivity contribution in [3.63, 3.8) is 0 Å². The average molecular weight is 444 g/mol. The highest BCUT2D eigenvalue weighted by Gasteiger charge is 2.14. The molecule has 3 rings (SSSR count). The number of nitrogens with one attached hydrogen (secondary N) is 2. The van der Waals surface area contributed by atoms with Gasteiger partial charge in [-0.05, 0) is 48.6 Å². The molecule has 0 amide bonds. The van der Waals surface area contributed by atoms with Crippen LogP contribution in [0.1, 0.15) is 0 Å². The van der Waals surface area contributed by atoms with E-state index in [1.54, 1.807) is 6.07 Å². The molecule has 1 heterocycles. The van der Waals surface area contributed by atoms with E-state index in [9.17, 15) is 13.5 Å². The number of fused-ring (bicyclic) bond motifs is 1. The molecule has 27 heavy (non-hydrogen) atoms. The maximum atomic E-state index is 11.2. The zero-order valence-electron chi connectivity index (χ0n) is 13.3. The zero-order chi connectivity index (χ0) is 19.8. The Bertz CT molecular complexity index is 1170. The number of halogens is 2. The van der Waals surface area contributed by atoms with Crippen LogP contribution in [0.3, 0.4) is 0 Å². The molecule has 1 aromatic heterocycles. The monoisotopic (exact) mass is 443 g/mol. The first-order valence-electron chi connectivity index (χ1n) is 7.20. The van der Waals surface area contributed by atoms with Gasteiger partial charge in [-0.3, -0.25) is 0 Å². The Hall–Kier alpha value is -2.24. The van der Waals surface area contributed by atoms with Crippen LogP contribution in [0.15, 0.2) is 51.5 Å². The number of rotatable bonds is 3. The number of nitrogens with two attached hydrogens (primary N) is 1. The number of azo groups is 1. The van der Waals surface area contributed by atoms with Crippen LogP contribution in [-0.2, 0) is 10.0 Å². The number of sulfonamides is 1. The lowest BCUT2D eigenvalue weighted by molar-refractivity contribution is 0.459. The number of aromatic amines is 1. The lowest BCUT2D eigenvalue weighted by atomic mass is 10.2. The molecule has 2 aromatic carbocycles. The number of nitrogens with zero attached hydrogens (tertiary/aromatic N) is 2. The van der Waals surface area contributed by atoms with Crippen LogP contribution in [0.2, 0.25) is 10.0 Å². The van der Waals surface area contributed by atoms with Crippen molar-refractivity contribution >= 4 is 72.8 Å². The van der Waals surface area contributed by atoms with Crippen molar-refractivity contribution in [2.75, 3.05) is 5.32 Å². The molecule has 0 aliphatic carbocycles. The molecule has 0 saturated carbocycles. The minimum absolute atomic E-state index is 0.0137. The summed E-state index contributed by atoms with van der Waals surface area (Å²) in [5, 5.41) is 26.8. The molecule has 0 unspecified atom stereocenters. The Morgan fingerprint density at radius 3 is 2.52 bits per heavy atom. The van der Waals surface area contributed by atoms with E-state index in [1.807, 2.05) is 0 Å². The summed E-state index contributed by atoms with van der Waals surface area (Å²) in [6.07, 6.45) is 0. The fraction of sp³-hybridized carbons (Fsp3) is 0. The topological polar surface area (TPSA) is 133 Å². The molecule has 12 heteroatoms. The van der Waals surface area contributed by atoms with Crippen molar-refractivity contribution in [1.82, 2.24) is 4.98 Å². The van der Waals surface area contributed by atoms with Gasteiger partial charge in [-0.15, -0.1) is 10.2 Å². The number of hydrogen-bond acceptors (Lipinski definition) is 5. The van der Waals surface area contributed by atoms with Crippen LogP contribution in [0.25, 0.3) is 10.9 Å². The number of benzene rings is 2. The summed E-state index contributed by atoms with van der Waals surface area (Å²) in [5.74, 6) is -0.238. The van der Waals surface area contributed by atoms with Crippen molar-refractivity contribution in [3.05, 3.63) is 46.4 Å². The summed E-state index contributed by atoms with van der Waals surface area (Å²) >= 11 is 17.1. The normalized spacial score (nSPS) is 12.0. The second-order valence-electron chi connectivity index (χ2n) is 5.33. The number of primary sulfonamides is 1. The lowest BCUT2D eigenvalue weighted by Crippen LogP contribution is -2.12. The molecular weight excluding hydrogens is 433 g/mol. The van der Waals surface area contributed by atoms with Gasteiger partial charge in [0, 0.05) is 16.1 Å². The van der Waals surface area contributed by atoms with Gasteiger partial charge < -0.3 is 15.4 Å². The van der Waals surface area contributed by atoms with Gasteiger partial charge in [-0.25, -0.2) is 13.6 Å². The van der Waals surface area contributed by atoms with E-state index in [0.717, 1.165) is 0 Å². The Morgan fingerprint density at radius 2 is 1.89 bits per heavy atom. The van der Waals surface area contributed by atoms with Crippen molar-refractivity contribution in [2.24, 2.45) is 15.4 Å². The van der Waals surface area contributed by atoms with E-state index in [4.69, 9.17) is 40.6 Å². The van der Waals surface area contributed by atoms with Gasteiger partial charge in [0.1, 0.15) is 0 Å². The zero-order valence-corrected chi connectivity index (χ0v) is 16.4. The number of H-pyrrole nitrogens is 1. The summed E-state index contributed by atoms with van der Waals surface area (Å²) in [5.41, 5.74) is 1.08. The van der Waals surface area contributed by atoms with Crippen LogP contribution in [0, 0.1) is 0 Å². The van der Waals surface area contributed by atoms with Crippen LogP contribution in [0.5, 0.6) is 5.88 Å². The van der Waals surface area contributed by atoms with E-state index in [1.165, 1.54) is 30.3 Å². The maximum absolute atomic E-state index is 11.2. The molecule has 0 fully saturated rings. The quantitative estimate of drug-likeness (QED) is 0.353. The predicted octanol–water partition coefficient (Wildman–Crippen LogP) is 4.31. The highest BCUT2D eigenvalue weighted by molar-refractivity contribution is 7.89. The molecule has 5 N–H and O–H groups in total. The number of aromatic hydroxyl groups is 1. The number of thiocarbonyl (C=S) groups is 1. The van der Waals surface area contributed by atoms with Gasteiger partial charge in [0.05, 0.1) is 15.4 Å². The Kier molecular flexibility index (Phi) is 5.36. The first-order chi connectivity index (χ1) is 12.6. The third-order valence-electron chi connectivity index (χ3n) is 3.45. The molecule has 140 valence electrons. The number of hydrogen-bond donors (Lipinski definition) is 4. The molecule has 0 bridgehead atoms. The van der Waals surface area contributed by atoms with Crippen molar-refractivity contribution in [3.8, 4) is 5.88 Å². The standard InChI is InChI=1S/C15H11Cl2N5O3S2/c16-7-5-10-12(11(17)6-7)20-14(23)13(10)21-22-15(26)19-8-1-3-9(4-2-8)27(18,24)25/h1-6,20,23H,(H,19,26)(H2,18,24,25). The van der Waals surface area contributed by atoms with E-state index < -0.39 is 10.0 Å². The van der Waals surface area contributed by atoms with Crippen LogP contribution in [0.4, 0.5) is 11.4 Å². The molecule has 0 saturated heterocycles. The fourth-order valence-corrected chi connectivity index (χ4v) is 3.48. The molecule has 0 aliphatic rings. The second kappa shape index (κ2) is 7.41. The third-order valence-corrected chi connectivity index (χ3v) is 5.08. The van der Waals surface area contributed by atoms with Gasteiger partial charge in [0.2, 0.25) is 21.0 Å². The summed E-state index contributed by atoms with van der Waals surface area (Å²) in [6.45, 7) is 0. The van der Waals surface area contributed by atoms with Crippen LogP contribution in [-0.4, -0.2) is 23.6 Å². The fourth-order valence-electron chi connectivity index (χ4n) is 2.27. The second-order valence-corrected chi connectivity index (χ2v) is 8.12. The molecule has 3 aromatic rings. The Balaban J connectivity index is 1.81. The first-order valence-corrected chi connectivity index (χ1v) is 9.91. The van der Waals surface area contributed by atoms with Gasteiger partial charge in [0.25, 0.3) is 0 Å². The lowest BCUT2D eigenvalue weighted by Gasteiger charge is -2.04. The number of anilines is 1. The number of aromatic nitrogens is 1. The van der Waals surface area contributed by atoms with Crippen LogP contribution < -0.4 is 10.5 Å². The minimum atomic E-state index is -3.78. The minimum Gasteiger partial charge on any atom is -0.493 e. The van der Waals surface area contributed by atoms with Crippen molar-refractivity contribution < 1.29 is 13.5 Å². The van der Waals surface area contributed by atoms with E-state index in [2.05, 4.69) is 20.5 Å². The highest BCUT2D eigenvalue weighted by Crippen LogP contribution is 2.40. The molecule has 8 nitrogen and oxygen atoms in total. The Morgan fingerprint density at radius 1 is 1.22 bits per heavy atom. The molecule has 0 atom stereocenters. The summed E-state index contributed by atoms with van der Waals surface area (Å²) in [4.78, 5) is 2.67.